The number of primary amides is 2. The van der Waals surface area contributed by atoms with Gasteiger partial charge in [0.15, 0.2) is 5.41 Å². The van der Waals surface area contributed by atoms with Gasteiger partial charge in [0.05, 0.1) is 0 Å². The second-order valence-electron chi connectivity index (χ2n) is 6.01. The van der Waals surface area contributed by atoms with E-state index in [1.165, 1.54) is 0 Å². The van der Waals surface area contributed by atoms with Gasteiger partial charge in [0, 0.05) is 0 Å². The van der Waals surface area contributed by atoms with E-state index in [9.17, 15) is 9.59 Å². The standard InChI is InChI=1S/C19H22N2O2/c1-11-7-5-8-12(2)15(11)19(17(20)22,18(21)23)16-13(3)9-6-10-14(16)4/h5-10H,1-4H3,(H2,20,22)(H2,21,23). The number of aryl methyl sites for hydroxylation is 4. The normalized spacial score (nSPS) is 11.3. The third-order valence-corrected chi connectivity index (χ3v) is 4.45. The van der Waals surface area contributed by atoms with Gasteiger partial charge in [-0.2, -0.15) is 0 Å². The average Bonchev–Trinajstić information content (AvgIpc) is 2.44. The van der Waals surface area contributed by atoms with Crippen molar-refractivity contribution in [3.63, 3.8) is 0 Å². The van der Waals surface area contributed by atoms with Crippen LogP contribution in [0.4, 0.5) is 0 Å². The molecule has 0 radical (unpaired) electrons. The highest BCUT2D eigenvalue weighted by Crippen LogP contribution is 2.39. The molecule has 4 nitrogen and oxygen atoms in total. The van der Waals surface area contributed by atoms with Crippen LogP contribution in [-0.4, -0.2) is 11.8 Å². The Kier molecular flexibility index (Phi) is 4.28. The quantitative estimate of drug-likeness (QED) is 0.848. The van der Waals surface area contributed by atoms with Crippen molar-refractivity contribution < 1.29 is 9.59 Å². The van der Waals surface area contributed by atoms with E-state index in [4.69, 9.17) is 11.5 Å². The molecule has 0 unspecified atom stereocenters. The van der Waals surface area contributed by atoms with Crippen molar-refractivity contribution in [1.29, 1.82) is 0 Å². The van der Waals surface area contributed by atoms with E-state index in [1.54, 1.807) is 0 Å². The van der Waals surface area contributed by atoms with E-state index in [0.717, 1.165) is 22.3 Å². The molecule has 0 atom stereocenters. The molecule has 4 heteroatoms. The van der Waals surface area contributed by atoms with Crippen molar-refractivity contribution in [2.45, 2.75) is 33.1 Å². The molecule has 120 valence electrons. The molecule has 0 aliphatic carbocycles. The molecule has 0 aliphatic heterocycles. The number of carbonyl (C=O) groups is 2. The fourth-order valence-electron chi connectivity index (χ4n) is 3.55. The maximum Gasteiger partial charge on any atom is 0.242 e. The van der Waals surface area contributed by atoms with Crippen molar-refractivity contribution in [3.8, 4) is 0 Å². The molecule has 0 aromatic heterocycles. The van der Waals surface area contributed by atoms with E-state index < -0.39 is 17.2 Å². The van der Waals surface area contributed by atoms with Crippen LogP contribution in [0.25, 0.3) is 0 Å². The van der Waals surface area contributed by atoms with Crippen molar-refractivity contribution in [3.05, 3.63) is 69.8 Å². The zero-order valence-electron chi connectivity index (χ0n) is 13.9. The highest BCUT2D eigenvalue weighted by atomic mass is 16.2. The first-order valence-corrected chi connectivity index (χ1v) is 7.47. The zero-order valence-corrected chi connectivity index (χ0v) is 13.9. The van der Waals surface area contributed by atoms with E-state index in [0.29, 0.717) is 11.1 Å². The molecule has 2 rings (SSSR count). The minimum absolute atomic E-state index is 0.581. The number of benzene rings is 2. The number of amides is 2. The van der Waals surface area contributed by atoms with Gasteiger partial charge in [0.1, 0.15) is 0 Å². The van der Waals surface area contributed by atoms with Gasteiger partial charge in [-0.05, 0) is 61.1 Å². The molecule has 0 bridgehead atoms. The second-order valence-corrected chi connectivity index (χ2v) is 6.01. The topological polar surface area (TPSA) is 86.2 Å². The molecule has 0 saturated heterocycles. The Morgan fingerprint density at radius 2 is 0.957 bits per heavy atom. The van der Waals surface area contributed by atoms with Crippen LogP contribution in [0.3, 0.4) is 0 Å². The van der Waals surface area contributed by atoms with Gasteiger partial charge in [0.25, 0.3) is 0 Å². The van der Waals surface area contributed by atoms with Crippen LogP contribution in [0.15, 0.2) is 36.4 Å². The minimum Gasteiger partial charge on any atom is -0.368 e. The summed E-state index contributed by atoms with van der Waals surface area (Å²) in [6.07, 6.45) is 0. The summed E-state index contributed by atoms with van der Waals surface area (Å²) in [7, 11) is 0. The maximum atomic E-state index is 12.6. The van der Waals surface area contributed by atoms with Crippen molar-refractivity contribution in [2.24, 2.45) is 11.5 Å². The van der Waals surface area contributed by atoms with E-state index >= 15 is 0 Å². The van der Waals surface area contributed by atoms with Crippen LogP contribution >= 0.6 is 0 Å². The SMILES string of the molecule is Cc1cccc(C)c1C(C(N)=O)(C(N)=O)c1c(C)cccc1C. The molecule has 2 aromatic carbocycles. The molecular weight excluding hydrogens is 288 g/mol. The lowest BCUT2D eigenvalue weighted by atomic mass is 9.67. The summed E-state index contributed by atoms with van der Waals surface area (Å²) < 4.78 is 0. The smallest absolute Gasteiger partial charge is 0.242 e. The van der Waals surface area contributed by atoms with Gasteiger partial charge in [-0.15, -0.1) is 0 Å². The highest BCUT2D eigenvalue weighted by molar-refractivity contribution is 6.14. The highest BCUT2D eigenvalue weighted by Gasteiger charge is 2.49. The van der Waals surface area contributed by atoms with Crippen LogP contribution < -0.4 is 11.5 Å². The largest absolute Gasteiger partial charge is 0.368 e. The molecule has 2 aromatic rings. The van der Waals surface area contributed by atoms with E-state index in [1.807, 2.05) is 64.1 Å². The van der Waals surface area contributed by atoms with Crippen LogP contribution in [-0.2, 0) is 15.0 Å². The Morgan fingerprint density at radius 1 is 0.696 bits per heavy atom. The number of rotatable bonds is 4. The van der Waals surface area contributed by atoms with Gasteiger partial charge in [0.2, 0.25) is 11.8 Å². The van der Waals surface area contributed by atoms with Crippen molar-refractivity contribution >= 4 is 11.8 Å². The fraction of sp³-hybridized carbons (Fsp3) is 0.263. The Labute approximate surface area is 136 Å². The molecule has 2 amide bonds. The number of hydrogen-bond acceptors (Lipinski definition) is 2. The van der Waals surface area contributed by atoms with Crippen molar-refractivity contribution in [2.75, 3.05) is 0 Å². The monoisotopic (exact) mass is 310 g/mol. The minimum atomic E-state index is -1.68. The first kappa shape index (κ1) is 16.7. The van der Waals surface area contributed by atoms with Crippen LogP contribution in [0.1, 0.15) is 33.4 Å². The molecule has 0 saturated carbocycles. The third kappa shape index (κ3) is 2.40. The summed E-state index contributed by atoms with van der Waals surface area (Å²) in [6, 6.07) is 11.2. The predicted octanol–water partition coefficient (Wildman–Crippen LogP) is 2.18. The van der Waals surface area contributed by atoms with Gasteiger partial charge >= 0.3 is 0 Å². The average molecular weight is 310 g/mol. The second kappa shape index (κ2) is 5.88. The lowest BCUT2D eigenvalue weighted by Gasteiger charge is -2.33. The summed E-state index contributed by atoms with van der Waals surface area (Å²) in [4.78, 5) is 25.2. The molecule has 0 aliphatic rings. The van der Waals surface area contributed by atoms with E-state index in [-0.39, 0.29) is 0 Å². The molecule has 23 heavy (non-hydrogen) atoms. The number of carbonyl (C=O) groups excluding carboxylic acids is 2. The van der Waals surface area contributed by atoms with Gasteiger partial charge in [-0.25, -0.2) is 0 Å². The number of hydrogen-bond donors (Lipinski definition) is 2. The van der Waals surface area contributed by atoms with Crippen LogP contribution in [0.5, 0.6) is 0 Å². The maximum absolute atomic E-state index is 12.6. The predicted molar refractivity (Wildman–Crippen MR) is 91.0 cm³/mol. The summed E-state index contributed by atoms with van der Waals surface area (Å²) in [5.74, 6) is -1.50. The third-order valence-electron chi connectivity index (χ3n) is 4.45. The first-order valence-electron chi connectivity index (χ1n) is 7.47. The van der Waals surface area contributed by atoms with E-state index in [2.05, 4.69) is 0 Å². The molecule has 4 N–H and O–H groups in total. The van der Waals surface area contributed by atoms with Crippen LogP contribution in [0.2, 0.25) is 0 Å². The molecule has 0 fully saturated rings. The lowest BCUT2D eigenvalue weighted by Crippen LogP contribution is -2.53. The summed E-state index contributed by atoms with van der Waals surface area (Å²) in [6.45, 7) is 7.43. The summed E-state index contributed by atoms with van der Waals surface area (Å²) >= 11 is 0. The Hall–Kier alpha value is -2.62. The van der Waals surface area contributed by atoms with Crippen molar-refractivity contribution in [1.82, 2.24) is 0 Å². The lowest BCUT2D eigenvalue weighted by molar-refractivity contribution is -0.132. The zero-order chi connectivity index (χ0) is 17.4. The Bertz CT molecular complexity index is 686. The molecular formula is C19H22N2O2. The van der Waals surface area contributed by atoms with Crippen LogP contribution in [0, 0.1) is 27.7 Å². The first-order chi connectivity index (χ1) is 10.7. The molecule has 0 heterocycles. The number of nitrogens with two attached hydrogens (primary N) is 2. The fourth-order valence-corrected chi connectivity index (χ4v) is 3.55. The summed E-state index contributed by atoms with van der Waals surface area (Å²) in [5, 5.41) is 0. The molecule has 0 spiro atoms. The Balaban J connectivity index is 3.05. The van der Waals surface area contributed by atoms with Gasteiger partial charge in [-0.3, -0.25) is 9.59 Å². The Morgan fingerprint density at radius 3 is 1.17 bits per heavy atom. The van der Waals surface area contributed by atoms with Gasteiger partial charge < -0.3 is 11.5 Å². The van der Waals surface area contributed by atoms with Gasteiger partial charge in [-0.1, -0.05) is 36.4 Å². The summed E-state index contributed by atoms with van der Waals surface area (Å²) in [5.41, 5.74) is 14.3.